The third-order valence-corrected chi connectivity index (χ3v) is 4.43. The van der Waals surface area contributed by atoms with Gasteiger partial charge in [-0.25, -0.2) is 0 Å². The average Bonchev–Trinajstić information content (AvgIpc) is 2.98. The number of likely N-dealkylation sites (tertiary alicyclic amines) is 1. The van der Waals surface area contributed by atoms with Crippen LogP contribution in [0.15, 0.2) is 0 Å². The van der Waals surface area contributed by atoms with E-state index in [1.165, 1.54) is 0 Å². The zero-order chi connectivity index (χ0) is 13.7. The number of amides is 1. The molecule has 1 saturated heterocycles. The topological polar surface area (TPSA) is 49.4 Å². The van der Waals surface area contributed by atoms with E-state index in [2.05, 4.69) is 17.1 Å². The molecule has 1 N–H and O–H groups in total. The van der Waals surface area contributed by atoms with Crippen molar-refractivity contribution in [2.75, 3.05) is 19.6 Å². The Labute approximate surface area is 115 Å². The normalized spacial score (nSPS) is 27.9. The second-order valence-corrected chi connectivity index (χ2v) is 5.85. The van der Waals surface area contributed by atoms with Gasteiger partial charge in [-0.3, -0.25) is 14.5 Å². The number of rotatable bonds is 6. The van der Waals surface area contributed by atoms with Crippen LogP contribution in [0, 0.1) is 5.92 Å². The fourth-order valence-electron chi connectivity index (χ4n) is 3.40. The van der Waals surface area contributed by atoms with E-state index in [9.17, 15) is 9.59 Å². The van der Waals surface area contributed by atoms with Gasteiger partial charge in [-0.15, -0.1) is 0 Å². The molecule has 108 valence electrons. The summed E-state index contributed by atoms with van der Waals surface area (Å²) in [6, 6.07) is 0.326. The molecule has 0 aromatic carbocycles. The predicted molar refractivity (Wildman–Crippen MR) is 74.9 cm³/mol. The Kier molecular flexibility index (Phi) is 5.37. The third kappa shape index (κ3) is 3.78. The number of hydrogen-bond acceptors (Lipinski definition) is 3. The van der Waals surface area contributed by atoms with Gasteiger partial charge >= 0.3 is 0 Å². The van der Waals surface area contributed by atoms with Crippen LogP contribution in [0.1, 0.15) is 51.9 Å². The first kappa shape index (κ1) is 14.5. The number of nitrogens with one attached hydrogen (secondary N) is 1. The van der Waals surface area contributed by atoms with Crippen molar-refractivity contribution in [3.05, 3.63) is 0 Å². The molecular weight excluding hydrogens is 240 g/mol. The highest BCUT2D eigenvalue weighted by molar-refractivity contribution is 5.84. The van der Waals surface area contributed by atoms with Crippen molar-refractivity contribution in [1.82, 2.24) is 10.2 Å². The largest absolute Gasteiger partial charge is 0.355 e. The van der Waals surface area contributed by atoms with Crippen LogP contribution in [0.25, 0.3) is 0 Å². The van der Waals surface area contributed by atoms with Crippen LogP contribution in [-0.4, -0.2) is 42.3 Å². The second kappa shape index (κ2) is 7.04. The Bertz CT molecular complexity index is 330. The molecule has 0 bridgehead atoms. The van der Waals surface area contributed by atoms with Crippen molar-refractivity contribution in [2.45, 2.75) is 57.9 Å². The van der Waals surface area contributed by atoms with Crippen LogP contribution in [-0.2, 0) is 9.59 Å². The van der Waals surface area contributed by atoms with Gasteiger partial charge < -0.3 is 5.32 Å². The minimum Gasteiger partial charge on any atom is -0.355 e. The van der Waals surface area contributed by atoms with Gasteiger partial charge in [-0.05, 0) is 38.6 Å². The molecule has 2 rings (SSSR count). The standard InChI is InChI=1S/C15H26N2O2/c1-2-3-9-16-15(19)11-17-10-5-7-13(17)12-6-4-8-14(12)18/h12-13H,2-11H2,1H3,(H,16,19). The van der Waals surface area contributed by atoms with Crippen LogP contribution < -0.4 is 5.32 Å². The van der Waals surface area contributed by atoms with Crippen LogP contribution in [0.2, 0.25) is 0 Å². The Morgan fingerprint density at radius 2 is 2.21 bits per heavy atom. The van der Waals surface area contributed by atoms with E-state index in [-0.39, 0.29) is 11.8 Å². The van der Waals surface area contributed by atoms with Crippen LogP contribution in [0.4, 0.5) is 0 Å². The number of carbonyl (C=O) groups excluding carboxylic acids is 2. The molecule has 0 aromatic heterocycles. The number of unbranched alkanes of at least 4 members (excludes halogenated alkanes) is 1. The smallest absolute Gasteiger partial charge is 0.234 e. The Hall–Kier alpha value is -0.900. The minimum absolute atomic E-state index is 0.116. The zero-order valence-corrected chi connectivity index (χ0v) is 12.0. The summed E-state index contributed by atoms with van der Waals surface area (Å²) in [5.41, 5.74) is 0. The summed E-state index contributed by atoms with van der Waals surface area (Å²) >= 11 is 0. The second-order valence-electron chi connectivity index (χ2n) is 5.85. The summed E-state index contributed by atoms with van der Waals surface area (Å²) in [6.45, 7) is 4.33. The first-order chi connectivity index (χ1) is 9.22. The van der Waals surface area contributed by atoms with E-state index in [1.54, 1.807) is 0 Å². The molecule has 0 radical (unpaired) electrons. The molecule has 1 amide bonds. The predicted octanol–water partition coefficient (Wildman–Crippen LogP) is 1.74. The highest BCUT2D eigenvalue weighted by Crippen LogP contribution is 2.32. The van der Waals surface area contributed by atoms with Crippen molar-refractivity contribution in [3.8, 4) is 0 Å². The SMILES string of the molecule is CCCCNC(=O)CN1CCCC1C1CCCC1=O. The van der Waals surface area contributed by atoms with Crippen molar-refractivity contribution in [2.24, 2.45) is 5.92 Å². The number of carbonyl (C=O) groups is 2. The van der Waals surface area contributed by atoms with Crippen LogP contribution >= 0.6 is 0 Å². The van der Waals surface area contributed by atoms with Gasteiger partial charge in [0.2, 0.25) is 5.91 Å². The molecule has 4 nitrogen and oxygen atoms in total. The summed E-state index contributed by atoms with van der Waals surface area (Å²) in [4.78, 5) is 26.0. The Morgan fingerprint density at radius 1 is 1.37 bits per heavy atom. The molecule has 1 saturated carbocycles. The fraction of sp³-hybridized carbons (Fsp3) is 0.867. The van der Waals surface area contributed by atoms with E-state index < -0.39 is 0 Å². The lowest BCUT2D eigenvalue weighted by molar-refractivity contribution is -0.125. The molecule has 1 aliphatic carbocycles. The van der Waals surface area contributed by atoms with E-state index in [0.29, 0.717) is 18.4 Å². The van der Waals surface area contributed by atoms with Crippen molar-refractivity contribution in [1.29, 1.82) is 0 Å². The quantitative estimate of drug-likeness (QED) is 0.745. The molecular formula is C15H26N2O2. The van der Waals surface area contributed by atoms with Gasteiger partial charge in [0.05, 0.1) is 6.54 Å². The lowest BCUT2D eigenvalue weighted by Gasteiger charge is -2.27. The summed E-state index contributed by atoms with van der Waals surface area (Å²) in [5.74, 6) is 0.736. The number of ketones is 1. The monoisotopic (exact) mass is 266 g/mol. The summed E-state index contributed by atoms with van der Waals surface area (Å²) < 4.78 is 0. The van der Waals surface area contributed by atoms with Gasteiger partial charge in [0.25, 0.3) is 0 Å². The van der Waals surface area contributed by atoms with Gasteiger partial charge in [0.1, 0.15) is 5.78 Å². The fourth-order valence-corrected chi connectivity index (χ4v) is 3.40. The van der Waals surface area contributed by atoms with Gasteiger partial charge in [-0.2, -0.15) is 0 Å². The molecule has 2 aliphatic rings. The minimum atomic E-state index is 0.116. The van der Waals surface area contributed by atoms with Gasteiger partial charge in [0, 0.05) is 24.9 Å². The van der Waals surface area contributed by atoms with Gasteiger partial charge in [-0.1, -0.05) is 13.3 Å². The summed E-state index contributed by atoms with van der Waals surface area (Å²) in [6.07, 6.45) is 7.15. The zero-order valence-electron chi connectivity index (χ0n) is 12.0. The number of Topliss-reactive ketones (excluding diaryl/α,β-unsaturated/α-hetero) is 1. The van der Waals surface area contributed by atoms with Crippen molar-refractivity contribution < 1.29 is 9.59 Å². The molecule has 0 aromatic rings. The highest BCUT2D eigenvalue weighted by atomic mass is 16.2. The molecule has 2 fully saturated rings. The van der Waals surface area contributed by atoms with Gasteiger partial charge in [0.15, 0.2) is 0 Å². The molecule has 2 unspecified atom stereocenters. The molecule has 4 heteroatoms. The highest BCUT2D eigenvalue weighted by Gasteiger charge is 2.38. The maximum atomic E-state index is 11.9. The van der Waals surface area contributed by atoms with Crippen LogP contribution in [0.3, 0.4) is 0 Å². The Balaban J connectivity index is 1.81. The first-order valence-corrected chi connectivity index (χ1v) is 7.76. The lowest BCUT2D eigenvalue weighted by atomic mass is 9.95. The lowest BCUT2D eigenvalue weighted by Crippen LogP contribution is -2.43. The van der Waals surface area contributed by atoms with Crippen molar-refractivity contribution >= 4 is 11.7 Å². The third-order valence-electron chi connectivity index (χ3n) is 4.43. The van der Waals surface area contributed by atoms with Crippen molar-refractivity contribution in [3.63, 3.8) is 0 Å². The number of hydrogen-bond donors (Lipinski definition) is 1. The number of nitrogens with zero attached hydrogens (tertiary/aromatic N) is 1. The molecule has 1 heterocycles. The molecule has 2 atom stereocenters. The Morgan fingerprint density at radius 3 is 2.89 bits per heavy atom. The molecule has 19 heavy (non-hydrogen) atoms. The first-order valence-electron chi connectivity index (χ1n) is 7.76. The maximum Gasteiger partial charge on any atom is 0.234 e. The summed E-state index contributed by atoms with van der Waals surface area (Å²) in [5, 5.41) is 2.97. The summed E-state index contributed by atoms with van der Waals surface area (Å²) in [7, 11) is 0. The average molecular weight is 266 g/mol. The van der Waals surface area contributed by atoms with E-state index in [0.717, 1.165) is 58.0 Å². The molecule has 1 aliphatic heterocycles. The molecule has 0 spiro atoms. The van der Waals surface area contributed by atoms with E-state index in [1.807, 2.05) is 0 Å². The van der Waals surface area contributed by atoms with Crippen LogP contribution in [0.5, 0.6) is 0 Å². The van der Waals surface area contributed by atoms with E-state index in [4.69, 9.17) is 0 Å². The van der Waals surface area contributed by atoms with E-state index >= 15 is 0 Å². The maximum absolute atomic E-state index is 11.9.